The molecule has 20 rings (SSSR count). The van der Waals surface area contributed by atoms with Crippen LogP contribution >= 0.6 is 0 Å². The van der Waals surface area contributed by atoms with Gasteiger partial charge in [-0.2, -0.15) is 0 Å². The first kappa shape index (κ1) is 66.9. The van der Waals surface area contributed by atoms with Crippen LogP contribution in [0.25, 0.3) is 89.4 Å². The van der Waals surface area contributed by atoms with Gasteiger partial charge in [0.05, 0.1) is 33.0 Å². The molecule has 16 aromatic carbocycles. The molecule has 2 aliphatic carbocycles. The number of fused-ring (bicyclic) bond motifs is 12. The highest BCUT2D eigenvalue weighted by Crippen LogP contribution is 2.61. The highest BCUT2D eigenvalue weighted by Gasteiger charge is 2.51. The summed E-state index contributed by atoms with van der Waals surface area (Å²) in [7, 11) is 0. The first-order valence-corrected chi connectivity index (χ1v) is 37.1. The highest BCUT2D eigenvalue weighted by molar-refractivity contribution is 6.15. The number of para-hydroxylation sites is 2. The first-order chi connectivity index (χ1) is 55.0. The fourth-order valence-corrected chi connectivity index (χ4v) is 17.5. The van der Waals surface area contributed by atoms with Crippen molar-refractivity contribution in [2.75, 3.05) is 9.80 Å². The van der Waals surface area contributed by atoms with Gasteiger partial charge >= 0.3 is 0 Å². The molecule has 0 N–H and O–H groups in total. The van der Waals surface area contributed by atoms with Crippen molar-refractivity contribution in [2.24, 2.45) is 0 Å². The van der Waals surface area contributed by atoms with Crippen molar-refractivity contribution in [3.05, 3.63) is 444 Å². The van der Waals surface area contributed by atoms with Gasteiger partial charge in [0, 0.05) is 44.6 Å². The summed E-state index contributed by atoms with van der Waals surface area (Å²) < 4.78 is 95.6. The minimum atomic E-state index is -1.51. The number of hydrogen-bond donors (Lipinski definition) is 0. The molecule has 0 saturated heterocycles. The molecule has 0 spiro atoms. The summed E-state index contributed by atoms with van der Waals surface area (Å²) in [4.78, 5) is 4.41. The number of furan rings is 2. The second kappa shape index (κ2) is 26.7. The van der Waals surface area contributed by atoms with E-state index < -0.39 is 34.1 Å². The topological polar surface area (TPSA) is 51.2 Å². The summed E-state index contributed by atoms with van der Waals surface area (Å²) in [5, 5.41) is 3.61. The second-order valence-corrected chi connectivity index (χ2v) is 28.3. The molecule has 2 atom stereocenters. The van der Waals surface area contributed by atoms with Gasteiger partial charge in [-0.15, -0.1) is 0 Å². The van der Waals surface area contributed by atoms with Crippen LogP contribution in [0.1, 0.15) is 55.6 Å². The van der Waals surface area contributed by atoms with Gasteiger partial charge in [0.25, 0.3) is 0 Å². The molecule has 6 nitrogen and oxygen atoms in total. The lowest BCUT2D eigenvalue weighted by Gasteiger charge is -2.35. The Bertz CT molecular complexity index is 6340. The third kappa shape index (κ3) is 10.6. The molecule has 0 amide bonds. The third-order valence-corrected chi connectivity index (χ3v) is 22.4. The maximum Gasteiger partial charge on any atom is 0.137 e. The van der Waals surface area contributed by atoms with E-state index in [1.807, 2.05) is 206 Å². The number of nitrogens with zero attached hydrogens (tertiary/aromatic N) is 2. The zero-order chi connectivity index (χ0) is 75.3. The van der Waals surface area contributed by atoms with E-state index in [1.165, 1.54) is 36.4 Å². The van der Waals surface area contributed by atoms with E-state index in [0.717, 1.165) is 122 Å². The summed E-state index contributed by atoms with van der Waals surface area (Å²) in [6, 6.07) is 112. The van der Waals surface area contributed by atoms with Gasteiger partial charge in [-0.25, -0.2) is 17.6 Å². The van der Waals surface area contributed by atoms with Crippen LogP contribution in [0.4, 0.5) is 51.7 Å². The van der Waals surface area contributed by atoms with Crippen LogP contribution in [0.3, 0.4) is 0 Å². The van der Waals surface area contributed by atoms with Crippen LogP contribution < -0.4 is 19.3 Å². The van der Waals surface area contributed by atoms with E-state index in [9.17, 15) is 0 Å². The Hall–Kier alpha value is -14.5. The molecule has 0 saturated carbocycles. The Balaban J connectivity index is 0.725. The molecule has 18 aromatic rings. The smallest absolute Gasteiger partial charge is 0.137 e. The zero-order valence-electron chi connectivity index (χ0n) is 60.1. The Morgan fingerprint density at radius 1 is 0.286 bits per heavy atom. The lowest BCUT2D eigenvalue weighted by atomic mass is 9.67. The number of hydrogen-bond acceptors (Lipinski definition) is 6. The van der Waals surface area contributed by atoms with Crippen LogP contribution in [0.2, 0.25) is 0 Å². The Morgan fingerprint density at radius 2 is 0.607 bits per heavy atom. The molecular formula is C102H64F4N2O4. The van der Waals surface area contributed by atoms with Gasteiger partial charge in [0.2, 0.25) is 0 Å². The number of halogens is 4. The van der Waals surface area contributed by atoms with Gasteiger partial charge < -0.3 is 28.1 Å². The fraction of sp³-hybridized carbons (Fsp3) is 0.0196. The minimum Gasteiger partial charge on any atom is -0.457 e. The van der Waals surface area contributed by atoms with Crippen LogP contribution in [0, 0.1) is 23.3 Å². The number of ether oxygens (including phenoxy) is 2. The van der Waals surface area contributed by atoms with Crippen LogP contribution in [0.15, 0.2) is 374 Å². The first-order valence-electron chi connectivity index (χ1n) is 37.1. The highest BCUT2D eigenvalue weighted by atomic mass is 19.1. The molecule has 2 heterocycles. The maximum absolute atomic E-state index is 17.4. The molecular weight excluding hydrogens is 1390 g/mol. The van der Waals surface area contributed by atoms with Crippen molar-refractivity contribution >= 4 is 90.2 Å². The molecule has 0 radical (unpaired) electrons. The molecule has 112 heavy (non-hydrogen) atoms. The molecule has 2 aromatic heterocycles. The molecule has 10 heteroatoms. The standard InChI is InChI=1S/C102H64F4N2O4/c1-3-63-33-51-73(52-34-63)109-75-55-41-67(42-56-75)101(99-87(103)23-13-24-88(99)104)83-21-9-5-17-77(83)79-59-49-71(61-85(79)101)107(91-27-15-31-95-97(91)81-19-7-11-29-93(81)111-95)69-45-37-65(38-46-69)66-39-47-70(48-40-66)108(92-28-16-32-96-98(92)82-20-8-12-30-94(82)112-96)72-50-60-80-78-18-6-10-22-84(78)102(86(80)62-72,100-89(105)25-14-26-90(100)106)68-43-57-76(58-44-68)110-74-53-35-64(4-2)36-54-74/h3-62H,1-2H2. The van der Waals surface area contributed by atoms with Crippen molar-refractivity contribution < 1.29 is 35.9 Å². The van der Waals surface area contributed by atoms with E-state index in [2.05, 4.69) is 132 Å². The average molecular weight is 1460 g/mol. The van der Waals surface area contributed by atoms with Crippen molar-refractivity contribution in [3.8, 4) is 56.4 Å². The molecule has 2 unspecified atom stereocenters. The van der Waals surface area contributed by atoms with Gasteiger partial charge in [0.1, 0.15) is 68.6 Å². The molecule has 534 valence electrons. The molecule has 0 fully saturated rings. The Kier molecular flexibility index (Phi) is 16.0. The summed E-state index contributed by atoms with van der Waals surface area (Å²) in [6.45, 7) is 7.79. The summed E-state index contributed by atoms with van der Waals surface area (Å²) in [5.74, 6) is -0.384. The molecule has 0 aliphatic heterocycles. The number of benzene rings is 16. The van der Waals surface area contributed by atoms with E-state index in [1.54, 1.807) is 12.2 Å². The summed E-state index contributed by atoms with van der Waals surface area (Å²) in [6.07, 6.45) is 3.55. The van der Waals surface area contributed by atoms with E-state index >= 15 is 17.6 Å². The lowest BCUT2D eigenvalue weighted by Crippen LogP contribution is -2.31. The summed E-state index contributed by atoms with van der Waals surface area (Å²) >= 11 is 0. The summed E-state index contributed by atoms with van der Waals surface area (Å²) in [5.41, 5.74) is 15.5. The van der Waals surface area contributed by atoms with Crippen molar-refractivity contribution in [3.63, 3.8) is 0 Å². The van der Waals surface area contributed by atoms with E-state index in [0.29, 0.717) is 56.4 Å². The average Bonchev–Trinajstić information content (AvgIpc) is 1.53. The van der Waals surface area contributed by atoms with Gasteiger partial charge in [-0.1, -0.05) is 219 Å². The second-order valence-electron chi connectivity index (χ2n) is 28.3. The maximum atomic E-state index is 17.4. The van der Waals surface area contributed by atoms with E-state index in [4.69, 9.17) is 18.3 Å². The third-order valence-electron chi connectivity index (χ3n) is 22.4. The number of anilines is 6. The van der Waals surface area contributed by atoms with E-state index in [-0.39, 0.29) is 11.1 Å². The number of rotatable bonds is 17. The van der Waals surface area contributed by atoms with Crippen LogP contribution in [-0.2, 0) is 10.8 Å². The van der Waals surface area contributed by atoms with Gasteiger partial charge in [-0.3, -0.25) is 0 Å². The SMILES string of the molecule is C=Cc1ccc(Oc2ccc(C3(c4c(F)cccc4F)c4ccccc4-c4ccc(N(c5ccc(-c6ccc(N(c7ccc8c(c7)C(c7ccc(Oc9ccc(C=C)cc9)cc7)(c7c(F)cccc7F)c7ccccc7-8)c7cccc8oc9ccccc9c78)cc6)cc5)c5cccc6oc7ccccc7c56)cc43)cc2)cc1. The van der Waals surface area contributed by atoms with Gasteiger partial charge in [-0.05, 0) is 236 Å². The van der Waals surface area contributed by atoms with Crippen LogP contribution in [-0.4, -0.2) is 0 Å². The molecule has 2 aliphatic rings. The predicted octanol–water partition coefficient (Wildman–Crippen LogP) is 28.2. The lowest BCUT2D eigenvalue weighted by molar-refractivity contribution is 0.481. The molecule has 0 bridgehead atoms. The Morgan fingerprint density at radius 3 is 0.991 bits per heavy atom. The predicted molar refractivity (Wildman–Crippen MR) is 443 cm³/mol. The normalized spacial score (nSPS) is 14.6. The largest absolute Gasteiger partial charge is 0.457 e. The van der Waals surface area contributed by atoms with Crippen molar-refractivity contribution in [2.45, 2.75) is 10.8 Å². The Labute approximate surface area is 643 Å². The van der Waals surface area contributed by atoms with Crippen LogP contribution in [0.5, 0.6) is 23.0 Å². The zero-order valence-corrected chi connectivity index (χ0v) is 60.1. The van der Waals surface area contributed by atoms with Crippen molar-refractivity contribution in [1.29, 1.82) is 0 Å². The van der Waals surface area contributed by atoms with Crippen molar-refractivity contribution in [1.82, 2.24) is 0 Å². The quantitative estimate of drug-likeness (QED) is 0.0847. The fourth-order valence-electron chi connectivity index (χ4n) is 17.5. The minimum absolute atomic E-state index is 0.0973. The monoisotopic (exact) mass is 1460 g/mol. The van der Waals surface area contributed by atoms with Gasteiger partial charge in [0.15, 0.2) is 0 Å².